The fourth-order valence-electron chi connectivity index (χ4n) is 3.70. The van der Waals surface area contributed by atoms with Gasteiger partial charge in [0.25, 0.3) is 21.8 Å². The smallest absolute Gasteiger partial charge is 0.268 e. The van der Waals surface area contributed by atoms with Crippen molar-refractivity contribution in [3.05, 3.63) is 87.9 Å². The van der Waals surface area contributed by atoms with Crippen molar-refractivity contribution in [2.24, 2.45) is 0 Å². The van der Waals surface area contributed by atoms with Crippen LogP contribution in [0.15, 0.2) is 65.6 Å². The molecule has 0 fully saturated rings. The van der Waals surface area contributed by atoms with Gasteiger partial charge in [-0.25, -0.2) is 13.3 Å². The fraction of sp³-hybridized carbons (Fsp3) is 0.160. The number of amides is 2. The molecule has 0 saturated carbocycles. The number of nitriles is 1. The minimum absolute atomic E-state index is 0.0135. The second-order valence-electron chi connectivity index (χ2n) is 8.83. The number of sulfonamides is 1. The van der Waals surface area contributed by atoms with Gasteiger partial charge in [-0.2, -0.15) is 5.26 Å². The largest absolute Gasteiger partial charge is 0.279 e. The average Bonchev–Trinajstić information content (AvgIpc) is 3.06. The SMILES string of the molecule is CC(C)(C)c1ccc(S(=O)(=O)Nc2ccc(Cl)c3c2C(=O)N(c2cccc(C#N)c2)C3=O)cc1. The zero-order valence-corrected chi connectivity index (χ0v) is 20.2. The fourth-order valence-corrected chi connectivity index (χ4v) is 5.01. The molecule has 0 saturated heterocycles. The summed E-state index contributed by atoms with van der Waals surface area (Å²) in [6, 6.07) is 17.1. The predicted molar refractivity (Wildman–Crippen MR) is 130 cm³/mol. The highest BCUT2D eigenvalue weighted by atomic mass is 35.5. The van der Waals surface area contributed by atoms with E-state index in [9.17, 15) is 18.0 Å². The number of halogens is 1. The lowest BCUT2D eigenvalue weighted by molar-refractivity contribution is 0.0926. The highest BCUT2D eigenvalue weighted by Crippen LogP contribution is 2.38. The molecular weight excluding hydrogens is 474 g/mol. The lowest BCUT2D eigenvalue weighted by atomic mass is 9.87. The molecule has 0 radical (unpaired) electrons. The quantitative estimate of drug-likeness (QED) is 0.508. The Morgan fingerprint density at radius 2 is 1.59 bits per heavy atom. The Balaban J connectivity index is 1.74. The number of benzene rings is 3. The molecule has 0 bridgehead atoms. The van der Waals surface area contributed by atoms with Crippen LogP contribution >= 0.6 is 11.6 Å². The van der Waals surface area contributed by atoms with Crippen LogP contribution in [0.4, 0.5) is 11.4 Å². The van der Waals surface area contributed by atoms with Gasteiger partial charge < -0.3 is 0 Å². The Morgan fingerprint density at radius 3 is 2.21 bits per heavy atom. The summed E-state index contributed by atoms with van der Waals surface area (Å²) in [5.74, 6) is -1.44. The van der Waals surface area contributed by atoms with E-state index < -0.39 is 21.8 Å². The Labute approximate surface area is 202 Å². The molecule has 34 heavy (non-hydrogen) atoms. The number of hydrogen-bond donors (Lipinski definition) is 1. The van der Waals surface area contributed by atoms with E-state index in [-0.39, 0.29) is 43.4 Å². The third-order valence-corrected chi connectivity index (χ3v) is 7.19. The summed E-state index contributed by atoms with van der Waals surface area (Å²) in [6.07, 6.45) is 0. The van der Waals surface area contributed by atoms with E-state index >= 15 is 0 Å². The summed E-state index contributed by atoms with van der Waals surface area (Å²) < 4.78 is 28.6. The van der Waals surface area contributed by atoms with Crippen molar-refractivity contribution in [1.82, 2.24) is 0 Å². The molecular formula is C25H20ClN3O4S. The van der Waals surface area contributed by atoms with Crippen LogP contribution in [0.25, 0.3) is 0 Å². The summed E-state index contributed by atoms with van der Waals surface area (Å²) in [6.45, 7) is 6.06. The molecule has 0 spiro atoms. The zero-order valence-electron chi connectivity index (χ0n) is 18.6. The van der Waals surface area contributed by atoms with Gasteiger partial charge in [-0.3, -0.25) is 14.3 Å². The van der Waals surface area contributed by atoms with Crippen LogP contribution in [0.5, 0.6) is 0 Å². The van der Waals surface area contributed by atoms with Crippen molar-refractivity contribution in [3.8, 4) is 6.07 Å². The van der Waals surface area contributed by atoms with Crippen molar-refractivity contribution in [2.75, 3.05) is 9.62 Å². The van der Waals surface area contributed by atoms with Crippen LogP contribution in [0.3, 0.4) is 0 Å². The van der Waals surface area contributed by atoms with Gasteiger partial charge in [0.15, 0.2) is 0 Å². The summed E-state index contributed by atoms with van der Waals surface area (Å²) in [7, 11) is -4.06. The van der Waals surface area contributed by atoms with E-state index in [4.69, 9.17) is 16.9 Å². The highest BCUT2D eigenvalue weighted by molar-refractivity contribution is 7.92. The van der Waals surface area contributed by atoms with Crippen LogP contribution in [0.2, 0.25) is 5.02 Å². The van der Waals surface area contributed by atoms with Gasteiger partial charge in [-0.15, -0.1) is 0 Å². The molecule has 1 heterocycles. The molecule has 7 nitrogen and oxygen atoms in total. The summed E-state index contributed by atoms with van der Waals surface area (Å²) in [5, 5.41) is 9.18. The van der Waals surface area contributed by atoms with Gasteiger partial charge in [-0.05, 0) is 53.4 Å². The second-order valence-corrected chi connectivity index (χ2v) is 10.9. The first-order valence-corrected chi connectivity index (χ1v) is 12.1. The minimum Gasteiger partial charge on any atom is -0.279 e. The number of hydrogen-bond acceptors (Lipinski definition) is 5. The molecule has 1 N–H and O–H groups in total. The molecule has 4 rings (SSSR count). The third kappa shape index (κ3) is 4.04. The van der Waals surface area contributed by atoms with Crippen LogP contribution in [-0.2, 0) is 15.4 Å². The standard InChI is InChI=1S/C25H20ClN3O4S/c1-25(2,3)16-7-9-18(10-8-16)34(32,33)28-20-12-11-19(26)21-22(20)24(31)29(23(21)30)17-6-4-5-15(13-17)14-27/h4-13,28H,1-3H3. The minimum atomic E-state index is -4.06. The van der Waals surface area contributed by atoms with Gasteiger partial charge in [-0.1, -0.05) is 50.6 Å². The van der Waals surface area contributed by atoms with Crippen LogP contribution in [0, 0.1) is 11.3 Å². The predicted octanol–water partition coefficient (Wildman–Crippen LogP) is 5.11. The molecule has 172 valence electrons. The zero-order chi connectivity index (χ0) is 24.8. The molecule has 2 amide bonds. The maximum Gasteiger partial charge on any atom is 0.268 e. The lowest BCUT2D eigenvalue weighted by Gasteiger charge is -2.19. The monoisotopic (exact) mass is 493 g/mol. The maximum atomic E-state index is 13.3. The van der Waals surface area contributed by atoms with Crippen molar-refractivity contribution >= 4 is 44.8 Å². The molecule has 3 aromatic rings. The van der Waals surface area contributed by atoms with E-state index in [2.05, 4.69) is 4.72 Å². The van der Waals surface area contributed by atoms with Crippen molar-refractivity contribution in [2.45, 2.75) is 31.1 Å². The van der Waals surface area contributed by atoms with Crippen LogP contribution in [-0.4, -0.2) is 20.2 Å². The average molecular weight is 494 g/mol. The van der Waals surface area contributed by atoms with Gasteiger partial charge in [0.05, 0.1) is 44.1 Å². The van der Waals surface area contributed by atoms with Crippen molar-refractivity contribution in [1.29, 1.82) is 5.26 Å². The Morgan fingerprint density at radius 1 is 0.941 bits per heavy atom. The number of carbonyl (C=O) groups excluding carboxylic acids is 2. The Kier molecular flexibility index (Phi) is 5.72. The first kappa shape index (κ1) is 23.5. The van der Waals surface area contributed by atoms with E-state index in [1.165, 1.54) is 36.4 Å². The summed E-state index contributed by atoms with van der Waals surface area (Å²) in [5.41, 5.74) is 0.970. The van der Waals surface area contributed by atoms with E-state index in [0.717, 1.165) is 10.5 Å². The topological polar surface area (TPSA) is 107 Å². The number of fused-ring (bicyclic) bond motifs is 1. The first-order valence-electron chi connectivity index (χ1n) is 10.3. The number of anilines is 2. The molecule has 3 aromatic carbocycles. The van der Waals surface area contributed by atoms with Gasteiger partial charge in [0.2, 0.25) is 0 Å². The van der Waals surface area contributed by atoms with Crippen molar-refractivity contribution < 1.29 is 18.0 Å². The van der Waals surface area contributed by atoms with Gasteiger partial charge >= 0.3 is 0 Å². The highest BCUT2D eigenvalue weighted by Gasteiger charge is 2.41. The van der Waals surface area contributed by atoms with Crippen LogP contribution in [0.1, 0.15) is 52.6 Å². The number of carbonyl (C=O) groups is 2. The van der Waals surface area contributed by atoms with E-state index in [0.29, 0.717) is 0 Å². The second kappa shape index (κ2) is 8.28. The molecule has 0 aliphatic carbocycles. The lowest BCUT2D eigenvalue weighted by Crippen LogP contribution is -2.29. The Hall–Kier alpha value is -3.67. The Bertz CT molecular complexity index is 1480. The number of rotatable bonds is 4. The summed E-state index contributed by atoms with van der Waals surface area (Å²) >= 11 is 6.23. The van der Waals surface area contributed by atoms with Crippen molar-refractivity contribution in [3.63, 3.8) is 0 Å². The molecule has 0 unspecified atom stereocenters. The molecule has 1 aliphatic heterocycles. The third-order valence-electron chi connectivity index (χ3n) is 5.50. The van der Waals surface area contributed by atoms with Crippen LogP contribution < -0.4 is 9.62 Å². The molecule has 0 atom stereocenters. The van der Waals surface area contributed by atoms with E-state index in [1.54, 1.807) is 24.3 Å². The number of imide groups is 1. The normalized spacial score (nSPS) is 13.6. The number of nitrogens with zero attached hydrogens (tertiary/aromatic N) is 2. The maximum absolute atomic E-state index is 13.3. The molecule has 1 aliphatic rings. The summed E-state index contributed by atoms with van der Waals surface area (Å²) in [4.78, 5) is 27.3. The number of nitrogens with one attached hydrogen (secondary N) is 1. The van der Waals surface area contributed by atoms with Gasteiger partial charge in [0.1, 0.15) is 0 Å². The van der Waals surface area contributed by atoms with Gasteiger partial charge in [0, 0.05) is 0 Å². The van der Waals surface area contributed by atoms with E-state index in [1.807, 2.05) is 26.8 Å². The first-order chi connectivity index (χ1) is 15.9. The molecule has 0 aromatic heterocycles. The molecule has 9 heteroatoms.